The van der Waals surface area contributed by atoms with Crippen LogP contribution in [0.15, 0.2) is 42.6 Å². The van der Waals surface area contributed by atoms with E-state index in [1.54, 1.807) is 6.07 Å². The predicted molar refractivity (Wildman–Crippen MR) is 71.7 cm³/mol. The third-order valence-electron chi connectivity index (χ3n) is 2.68. The minimum absolute atomic E-state index is 0.0557. The number of benzene rings is 1. The average Bonchev–Trinajstić information content (AvgIpc) is 2.42. The first-order valence-corrected chi connectivity index (χ1v) is 6.16. The van der Waals surface area contributed by atoms with Gasteiger partial charge >= 0.3 is 5.97 Å². The van der Waals surface area contributed by atoms with Crippen molar-refractivity contribution in [1.82, 2.24) is 4.98 Å². The molecule has 0 aliphatic rings. The van der Waals surface area contributed by atoms with Gasteiger partial charge in [0.25, 0.3) is 0 Å². The van der Waals surface area contributed by atoms with Crippen LogP contribution in [0.4, 0.5) is 0 Å². The van der Waals surface area contributed by atoms with Gasteiger partial charge in [-0.05, 0) is 36.2 Å². The van der Waals surface area contributed by atoms with Crippen LogP contribution in [0.2, 0.25) is 0 Å². The fourth-order valence-electron chi connectivity index (χ4n) is 1.76. The van der Waals surface area contributed by atoms with Crippen LogP contribution in [0.5, 0.6) is 11.6 Å². The molecule has 0 amide bonds. The Morgan fingerprint density at radius 3 is 2.63 bits per heavy atom. The lowest BCUT2D eigenvalue weighted by Gasteiger charge is -2.07. The maximum Gasteiger partial charge on any atom is 0.341 e. The van der Waals surface area contributed by atoms with Crippen molar-refractivity contribution in [1.29, 1.82) is 0 Å². The van der Waals surface area contributed by atoms with Gasteiger partial charge in [-0.2, -0.15) is 0 Å². The molecule has 1 aromatic carbocycles. The molecule has 19 heavy (non-hydrogen) atoms. The smallest absolute Gasteiger partial charge is 0.341 e. The van der Waals surface area contributed by atoms with Crippen LogP contribution in [0.3, 0.4) is 0 Å². The van der Waals surface area contributed by atoms with Gasteiger partial charge in [0.15, 0.2) is 0 Å². The first kappa shape index (κ1) is 13.1. The highest BCUT2D eigenvalue weighted by atomic mass is 16.5. The standard InChI is InChI=1S/C15H15NO3/c1-2-4-11-6-8-12(9-7-11)19-14-13(15(17)18)5-3-10-16-14/h3,5-10H,2,4H2,1H3,(H,17,18). The van der Waals surface area contributed by atoms with E-state index in [9.17, 15) is 4.79 Å². The van der Waals surface area contributed by atoms with E-state index < -0.39 is 5.97 Å². The van der Waals surface area contributed by atoms with Gasteiger partial charge in [-0.25, -0.2) is 9.78 Å². The first-order chi connectivity index (χ1) is 9.20. The fraction of sp³-hybridized carbons (Fsp3) is 0.200. The molecule has 1 heterocycles. The summed E-state index contributed by atoms with van der Waals surface area (Å²) in [6.07, 6.45) is 3.61. The van der Waals surface area contributed by atoms with E-state index in [0.717, 1.165) is 12.8 Å². The van der Waals surface area contributed by atoms with E-state index in [1.807, 2.05) is 24.3 Å². The molecule has 0 fully saturated rings. The number of carboxylic acid groups (broad SMARTS) is 1. The second-order valence-electron chi connectivity index (χ2n) is 4.16. The van der Waals surface area contributed by atoms with E-state index in [0.29, 0.717) is 5.75 Å². The van der Waals surface area contributed by atoms with Crippen molar-refractivity contribution in [2.75, 3.05) is 0 Å². The van der Waals surface area contributed by atoms with Gasteiger partial charge in [-0.15, -0.1) is 0 Å². The molecule has 0 atom stereocenters. The molecule has 0 spiro atoms. The molecule has 0 saturated carbocycles. The van der Waals surface area contributed by atoms with Crippen LogP contribution in [-0.4, -0.2) is 16.1 Å². The van der Waals surface area contributed by atoms with Gasteiger partial charge < -0.3 is 9.84 Å². The third kappa shape index (κ3) is 3.31. The molecule has 0 saturated heterocycles. The van der Waals surface area contributed by atoms with Gasteiger partial charge in [-0.3, -0.25) is 0 Å². The molecule has 98 valence electrons. The number of aryl methyl sites for hydroxylation is 1. The Balaban J connectivity index is 2.19. The maximum atomic E-state index is 11.0. The van der Waals surface area contributed by atoms with Crippen LogP contribution in [0, 0.1) is 0 Å². The molecule has 0 radical (unpaired) electrons. The lowest BCUT2D eigenvalue weighted by molar-refractivity contribution is 0.0693. The molecule has 4 nitrogen and oxygen atoms in total. The summed E-state index contributed by atoms with van der Waals surface area (Å²) in [6, 6.07) is 10.6. The number of carbonyl (C=O) groups is 1. The Kier molecular flexibility index (Phi) is 4.13. The normalized spacial score (nSPS) is 10.2. The van der Waals surface area contributed by atoms with Crippen molar-refractivity contribution >= 4 is 5.97 Å². The zero-order valence-electron chi connectivity index (χ0n) is 10.7. The number of aromatic nitrogens is 1. The van der Waals surface area contributed by atoms with Crippen molar-refractivity contribution < 1.29 is 14.6 Å². The highest BCUT2D eigenvalue weighted by molar-refractivity contribution is 5.90. The number of nitrogens with zero attached hydrogens (tertiary/aromatic N) is 1. The lowest BCUT2D eigenvalue weighted by atomic mass is 10.1. The summed E-state index contributed by atoms with van der Waals surface area (Å²) in [5, 5.41) is 9.04. The molecular weight excluding hydrogens is 242 g/mol. The zero-order valence-corrected chi connectivity index (χ0v) is 10.7. The molecule has 4 heteroatoms. The van der Waals surface area contributed by atoms with E-state index in [1.165, 1.54) is 17.8 Å². The third-order valence-corrected chi connectivity index (χ3v) is 2.68. The maximum absolute atomic E-state index is 11.0. The van der Waals surface area contributed by atoms with E-state index >= 15 is 0 Å². The summed E-state index contributed by atoms with van der Waals surface area (Å²) in [5.74, 6) is -0.356. The quantitative estimate of drug-likeness (QED) is 0.890. The topological polar surface area (TPSA) is 59.4 Å². The van der Waals surface area contributed by atoms with Gasteiger partial charge in [0.1, 0.15) is 11.3 Å². The average molecular weight is 257 g/mol. The van der Waals surface area contributed by atoms with Crippen molar-refractivity contribution in [2.24, 2.45) is 0 Å². The Morgan fingerprint density at radius 1 is 1.26 bits per heavy atom. The fourth-order valence-corrected chi connectivity index (χ4v) is 1.76. The summed E-state index contributed by atoms with van der Waals surface area (Å²) >= 11 is 0. The SMILES string of the molecule is CCCc1ccc(Oc2ncccc2C(=O)O)cc1. The summed E-state index contributed by atoms with van der Waals surface area (Å²) in [6.45, 7) is 2.12. The van der Waals surface area contributed by atoms with Crippen LogP contribution < -0.4 is 4.74 Å². The number of carboxylic acids is 1. The molecule has 2 rings (SSSR count). The van der Waals surface area contributed by atoms with Gasteiger partial charge in [0.2, 0.25) is 5.88 Å². The number of rotatable bonds is 5. The van der Waals surface area contributed by atoms with Crippen LogP contribution in [0.25, 0.3) is 0 Å². The predicted octanol–water partition coefficient (Wildman–Crippen LogP) is 3.52. The summed E-state index contributed by atoms with van der Waals surface area (Å²) in [4.78, 5) is 15.0. The van der Waals surface area contributed by atoms with E-state index in [2.05, 4.69) is 11.9 Å². The Labute approximate surface area is 111 Å². The minimum Gasteiger partial charge on any atom is -0.477 e. The highest BCUT2D eigenvalue weighted by Gasteiger charge is 2.12. The Hall–Kier alpha value is -2.36. The number of hydrogen-bond acceptors (Lipinski definition) is 3. The molecule has 1 N–H and O–H groups in total. The van der Waals surface area contributed by atoms with Crippen LogP contribution in [-0.2, 0) is 6.42 Å². The zero-order chi connectivity index (χ0) is 13.7. The monoisotopic (exact) mass is 257 g/mol. The van der Waals surface area contributed by atoms with Crippen molar-refractivity contribution in [3.05, 3.63) is 53.7 Å². The van der Waals surface area contributed by atoms with Crippen LogP contribution in [0.1, 0.15) is 29.3 Å². The van der Waals surface area contributed by atoms with Crippen molar-refractivity contribution in [3.63, 3.8) is 0 Å². The Morgan fingerprint density at radius 2 is 2.00 bits per heavy atom. The van der Waals surface area contributed by atoms with Gasteiger partial charge in [0, 0.05) is 6.20 Å². The Bertz CT molecular complexity index is 564. The second-order valence-corrected chi connectivity index (χ2v) is 4.16. The first-order valence-electron chi connectivity index (χ1n) is 6.16. The molecule has 1 aromatic heterocycles. The van der Waals surface area contributed by atoms with Gasteiger partial charge in [0.05, 0.1) is 0 Å². The molecule has 0 aliphatic heterocycles. The number of hydrogen-bond donors (Lipinski definition) is 1. The number of ether oxygens (including phenoxy) is 1. The largest absolute Gasteiger partial charge is 0.477 e. The lowest BCUT2D eigenvalue weighted by Crippen LogP contribution is -2.01. The number of pyridine rings is 1. The van der Waals surface area contributed by atoms with E-state index in [-0.39, 0.29) is 11.4 Å². The molecule has 0 bridgehead atoms. The van der Waals surface area contributed by atoms with Gasteiger partial charge in [-0.1, -0.05) is 25.5 Å². The highest BCUT2D eigenvalue weighted by Crippen LogP contribution is 2.23. The van der Waals surface area contributed by atoms with Crippen molar-refractivity contribution in [3.8, 4) is 11.6 Å². The molecular formula is C15H15NO3. The number of aromatic carboxylic acids is 1. The van der Waals surface area contributed by atoms with Crippen molar-refractivity contribution in [2.45, 2.75) is 19.8 Å². The van der Waals surface area contributed by atoms with E-state index in [4.69, 9.17) is 9.84 Å². The second kappa shape index (κ2) is 6.00. The summed E-state index contributed by atoms with van der Waals surface area (Å²) in [7, 11) is 0. The molecule has 2 aromatic rings. The molecule has 0 aliphatic carbocycles. The van der Waals surface area contributed by atoms with Crippen LogP contribution >= 0.6 is 0 Å². The summed E-state index contributed by atoms with van der Waals surface area (Å²) in [5.41, 5.74) is 1.29. The minimum atomic E-state index is -1.05. The molecule has 0 unspecified atom stereocenters. The summed E-state index contributed by atoms with van der Waals surface area (Å²) < 4.78 is 5.51.